The van der Waals surface area contributed by atoms with Crippen LogP contribution in [0.5, 0.6) is 0 Å². The fourth-order valence-electron chi connectivity index (χ4n) is 1.66. The summed E-state index contributed by atoms with van der Waals surface area (Å²) in [6.07, 6.45) is 5.26. The quantitative estimate of drug-likeness (QED) is 0.584. The lowest BCUT2D eigenvalue weighted by atomic mass is 10.1. The van der Waals surface area contributed by atoms with Crippen LogP contribution in [-0.4, -0.2) is 25.7 Å². The Bertz CT molecular complexity index is 518. The van der Waals surface area contributed by atoms with Crippen LogP contribution in [-0.2, 0) is 4.79 Å². The highest BCUT2D eigenvalue weighted by Gasteiger charge is 2.38. The third-order valence-corrected chi connectivity index (χ3v) is 3.75. The van der Waals surface area contributed by atoms with Gasteiger partial charge in [0.25, 0.3) is 5.91 Å². The number of nitrogens with zero attached hydrogens (tertiary/aromatic N) is 2. The summed E-state index contributed by atoms with van der Waals surface area (Å²) in [5.74, 6) is -0.0265. The van der Waals surface area contributed by atoms with Crippen molar-refractivity contribution in [2.45, 2.75) is 26.3 Å². The summed E-state index contributed by atoms with van der Waals surface area (Å²) in [5.41, 5.74) is 0.623. The molecule has 2 rings (SSSR count). The highest BCUT2D eigenvalue weighted by Crippen LogP contribution is 2.36. The van der Waals surface area contributed by atoms with E-state index in [0.717, 1.165) is 5.56 Å². The van der Waals surface area contributed by atoms with Crippen LogP contribution in [0.15, 0.2) is 29.4 Å². The molecule has 3 nitrogen and oxygen atoms in total. The summed E-state index contributed by atoms with van der Waals surface area (Å²) in [6, 6.07) is 3.76. The topological polar surface area (TPSA) is 33.2 Å². The summed E-state index contributed by atoms with van der Waals surface area (Å²) >= 11 is 6.62. The second-order valence-electron chi connectivity index (χ2n) is 4.97. The molecule has 1 aliphatic heterocycles. The second-order valence-corrected chi connectivity index (χ2v) is 6.65. The molecule has 0 aliphatic carbocycles. The van der Waals surface area contributed by atoms with Crippen molar-refractivity contribution in [2.75, 3.05) is 0 Å². The van der Waals surface area contributed by atoms with E-state index in [0.29, 0.717) is 9.23 Å². The number of amides is 1. The van der Waals surface area contributed by atoms with Crippen LogP contribution in [0.4, 0.5) is 0 Å². The van der Waals surface area contributed by atoms with E-state index in [4.69, 9.17) is 12.2 Å². The van der Waals surface area contributed by atoms with Crippen molar-refractivity contribution >= 4 is 40.3 Å². The third kappa shape index (κ3) is 2.62. The highest BCUT2D eigenvalue weighted by atomic mass is 32.2. The molecule has 1 aromatic rings. The number of pyridine rings is 1. The number of thiocarbonyl (C=S) groups is 1. The molecule has 2 heterocycles. The molecular formula is C13H14N2OS2. The summed E-state index contributed by atoms with van der Waals surface area (Å²) in [6.45, 7) is 5.93. The van der Waals surface area contributed by atoms with Crippen molar-refractivity contribution < 1.29 is 4.79 Å². The van der Waals surface area contributed by atoms with Gasteiger partial charge in [0.2, 0.25) is 0 Å². The zero-order valence-corrected chi connectivity index (χ0v) is 12.1. The molecule has 94 valence electrons. The van der Waals surface area contributed by atoms with Gasteiger partial charge in [0.05, 0.1) is 4.91 Å². The van der Waals surface area contributed by atoms with Gasteiger partial charge in [-0.25, -0.2) is 0 Å². The van der Waals surface area contributed by atoms with Crippen molar-refractivity contribution in [2.24, 2.45) is 0 Å². The maximum Gasteiger partial charge on any atom is 0.266 e. The van der Waals surface area contributed by atoms with E-state index in [1.165, 1.54) is 11.8 Å². The van der Waals surface area contributed by atoms with Crippen LogP contribution < -0.4 is 0 Å². The molecule has 1 amide bonds. The molecule has 1 fully saturated rings. The Morgan fingerprint density at radius 2 is 2.17 bits per heavy atom. The minimum Gasteiger partial charge on any atom is -0.288 e. The third-order valence-electron chi connectivity index (χ3n) is 2.45. The standard InChI is InChI=1S/C13H14N2OS2/c1-13(2,3)15-11(16)10(18-12(15)17)7-9-5-4-6-14-8-9/h4-8H,1-3H3/b10-7+. The summed E-state index contributed by atoms with van der Waals surface area (Å²) < 4.78 is 0.614. The largest absolute Gasteiger partial charge is 0.288 e. The maximum absolute atomic E-state index is 12.3. The fraction of sp³-hybridized carbons (Fsp3) is 0.308. The Labute approximate surface area is 116 Å². The Hall–Kier alpha value is -1.20. The van der Waals surface area contributed by atoms with E-state index in [-0.39, 0.29) is 11.4 Å². The lowest BCUT2D eigenvalue weighted by molar-refractivity contribution is -0.125. The minimum atomic E-state index is -0.286. The van der Waals surface area contributed by atoms with E-state index < -0.39 is 0 Å². The first kappa shape index (κ1) is 13.2. The number of hydrogen-bond donors (Lipinski definition) is 0. The Morgan fingerprint density at radius 1 is 1.44 bits per heavy atom. The first-order valence-corrected chi connectivity index (χ1v) is 6.80. The zero-order chi connectivity index (χ0) is 13.3. The zero-order valence-electron chi connectivity index (χ0n) is 10.5. The molecule has 1 aromatic heterocycles. The number of carbonyl (C=O) groups is 1. The predicted octanol–water partition coefficient (Wildman–Crippen LogP) is 3.08. The van der Waals surface area contributed by atoms with Crippen molar-refractivity contribution in [3.05, 3.63) is 35.0 Å². The SMILES string of the molecule is CC(C)(C)N1C(=O)/C(=C\c2cccnc2)SC1=S. The molecular weight excluding hydrogens is 264 g/mol. The Kier molecular flexibility index (Phi) is 3.54. The van der Waals surface area contributed by atoms with Crippen molar-refractivity contribution in [3.63, 3.8) is 0 Å². The van der Waals surface area contributed by atoms with Crippen LogP contribution in [0.25, 0.3) is 6.08 Å². The summed E-state index contributed by atoms with van der Waals surface area (Å²) in [4.78, 5) is 18.6. The van der Waals surface area contributed by atoms with Gasteiger partial charge < -0.3 is 0 Å². The van der Waals surface area contributed by atoms with Gasteiger partial charge >= 0.3 is 0 Å². The van der Waals surface area contributed by atoms with Crippen molar-refractivity contribution in [1.82, 2.24) is 9.88 Å². The molecule has 1 aliphatic rings. The van der Waals surface area contributed by atoms with Crippen molar-refractivity contribution in [1.29, 1.82) is 0 Å². The summed E-state index contributed by atoms with van der Waals surface area (Å²) in [7, 11) is 0. The van der Waals surface area contributed by atoms with Gasteiger partial charge in [-0.15, -0.1) is 0 Å². The van der Waals surface area contributed by atoms with Gasteiger partial charge in [-0.3, -0.25) is 14.7 Å². The van der Waals surface area contributed by atoms with Crippen LogP contribution in [0, 0.1) is 0 Å². The highest BCUT2D eigenvalue weighted by molar-refractivity contribution is 8.26. The van der Waals surface area contributed by atoms with E-state index in [9.17, 15) is 4.79 Å². The van der Waals surface area contributed by atoms with Crippen LogP contribution in [0.3, 0.4) is 0 Å². The monoisotopic (exact) mass is 278 g/mol. The van der Waals surface area contributed by atoms with Gasteiger partial charge in [0, 0.05) is 17.9 Å². The van der Waals surface area contributed by atoms with Gasteiger partial charge in [-0.1, -0.05) is 30.0 Å². The normalized spacial score (nSPS) is 18.8. The molecule has 5 heteroatoms. The van der Waals surface area contributed by atoms with Gasteiger partial charge in [0.1, 0.15) is 4.32 Å². The molecule has 0 aromatic carbocycles. The number of thioether (sulfide) groups is 1. The number of rotatable bonds is 1. The first-order chi connectivity index (χ1) is 8.39. The van der Waals surface area contributed by atoms with Gasteiger partial charge in [-0.05, 0) is 38.5 Å². The second kappa shape index (κ2) is 4.82. The Balaban J connectivity index is 2.32. The van der Waals surface area contributed by atoms with Gasteiger partial charge in [0.15, 0.2) is 0 Å². The summed E-state index contributed by atoms with van der Waals surface area (Å²) in [5, 5.41) is 0. The molecule has 0 radical (unpaired) electrons. The van der Waals surface area contributed by atoms with Crippen LogP contribution >= 0.6 is 24.0 Å². The smallest absolute Gasteiger partial charge is 0.266 e. The molecule has 0 N–H and O–H groups in total. The molecule has 0 spiro atoms. The van der Waals surface area contributed by atoms with E-state index >= 15 is 0 Å². The predicted molar refractivity (Wildman–Crippen MR) is 79.0 cm³/mol. The fourth-order valence-corrected chi connectivity index (χ4v) is 3.29. The number of aromatic nitrogens is 1. The molecule has 18 heavy (non-hydrogen) atoms. The molecule has 1 saturated heterocycles. The van der Waals surface area contributed by atoms with Crippen LogP contribution in [0.2, 0.25) is 0 Å². The van der Waals surface area contributed by atoms with Crippen molar-refractivity contribution in [3.8, 4) is 0 Å². The molecule has 0 bridgehead atoms. The molecule has 0 saturated carbocycles. The lowest BCUT2D eigenvalue weighted by Crippen LogP contribution is -2.44. The lowest BCUT2D eigenvalue weighted by Gasteiger charge is -2.30. The average molecular weight is 278 g/mol. The van der Waals surface area contributed by atoms with E-state index in [2.05, 4.69) is 4.98 Å². The maximum atomic E-state index is 12.3. The van der Waals surface area contributed by atoms with E-state index in [1.807, 2.05) is 39.0 Å². The molecule has 0 unspecified atom stereocenters. The minimum absolute atomic E-state index is 0.0265. The van der Waals surface area contributed by atoms with E-state index in [1.54, 1.807) is 17.3 Å². The average Bonchev–Trinajstić information content (AvgIpc) is 2.54. The Morgan fingerprint density at radius 3 is 2.67 bits per heavy atom. The first-order valence-electron chi connectivity index (χ1n) is 5.58. The molecule has 0 atom stereocenters. The number of carbonyl (C=O) groups excluding carboxylic acids is 1. The number of hydrogen-bond acceptors (Lipinski definition) is 4. The van der Waals surface area contributed by atoms with Gasteiger partial charge in [-0.2, -0.15) is 0 Å². The van der Waals surface area contributed by atoms with Crippen LogP contribution in [0.1, 0.15) is 26.3 Å².